The van der Waals surface area contributed by atoms with E-state index in [1.54, 1.807) is 12.2 Å². The fourth-order valence-corrected chi connectivity index (χ4v) is 3.60. The molecule has 6 heteroatoms. The van der Waals surface area contributed by atoms with E-state index in [1.165, 1.54) is 0 Å². The van der Waals surface area contributed by atoms with Crippen LogP contribution in [-0.2, 0) is 4.79 Å². The van der Waals surface area contributed by atoms with E-state index in [-0.39, 0.29) is 12.3 Å². The van der Waals surface area contributed by atoms with Crippen LogP contribution < -0.4 is 0 Å². The molecule has 2 aromatic carbocycles. The number of hydrogen-bond acceptors (Lipinski definition) is 5. The van der Waals surface area contributed by atoms with Crippen molar-refractivity contribution in [1.82, 2.24) is 10.2 Å². The Hall–Kier alpha value is -3.35. The summed E-state index contributed by atoms with van der Waals surface area (Å²) >= 11 is 0. The SMILES string of the molecule is CC(C)c1nnc(-c2ccccc2)c(-c2ccccc2)c1/C=C/[C@@H](O)C[C@@H](O)CC(=O)O. The monoisotopic (exact) mass is 432 g/mol. The molecule has 0 bridgehead atoms. The van der Waals surface area contributed by atoms with Gasteiger partial charge in [-0.3, -0.25) is 4.79 Å². The largest absolute Gasteiger partial charge is 0.481 e. The van der Waals surface area contributed by atoms with E-state index in [9.17, 15) is 15.0 Å². The first-order valence-corrected chi connectivity index (χ1v) is 10.6. The Bertz CT molecular complexity index is 1070. The summed E-state index contributed by atoms with van der Waals surface area (Å²) in [7, 11) is 0. The molecule has 0 aliphatic heterocycles. The number of rotatable bonds is 9. The number of aliphatic carboxylic acids is 1. The highest BCUT2D eigenvalue weighted by Gasteiger charge is 2.20. The minimum absolute atomic E-state index is 0.0649. The molecule has 0 aliphatic carbocycles. The van der Waals surface area contributed by atoms with Crippen LogP contribution in [0.25, 0.3) is 28.5 Å². The molecule has 166 valence electrons. The zero-order valence-electron chi connectivity index (χ0n) is 18.2. The molecule has 2 atom stereocenters. The first-order chi connectivity index (χ1) is 15.4. The Balaban J connectivity index is 2.11. The molecule has 3 rings (SSSR count). The van der Waals surface area contributed by atoms with Crippen molar-refractivity contribution in [1.29, 1.82) is 0 Å². The van der Waals surface area contributed by atoms with Gasteiger partial charge in [-0.2, -0.15) is 5.10 Å². The van der Waals surface area contributed by atoms with Crippen LogP contribution in [0.1, 0.15) is 43.9 Å². The molecule has 6 nitrogen and oxygen atoms in total. The van der Waals surface area contributed by atoms with Crippen LogP contribution in [-0.4, -0.2) is 43.7 Å². The predicted octanol–water partition coefficient (Wildman–Crippen LogP) is 4.53. The molecule has 1 aromatic heterocycles. The Morgan fingerprint density at radius 3 is 2.09 bits per heavy atom. The molecule has 1 heterocycles. The van der Waals surface area contributed by atoms with E-state index >= 15 is 0 Å². The molecule has 0 radical (unpaired) electrons. The Kier molecular flexibility index (Phi) is 7.87. The third kappa shape index (κ3) is 5.87. The summed E-state index contributed by atoms with van der Waals surface area (Å²) in [6, 6.07) is 19.7. The highest BCUT2D eigenvalue weighted by molar-refractivity contribution is 5.87. The summed E-state index contributed by atoms with van der Waals surface area (Å²) in [4.78, 5) is 10.8. The maximum absolute atomic E-state index is 10.8. The van der Waals surface area contributed by atoms with E-state index in [0.717, 1.165) is 33.6 Å². The molecular weight excluding hydrogens is 404 g/mol. The molecule has 0 fully saturated rings. The maximum Gasteiger partial charge on any atom is 0.305 e. The van der Waals surface area contributed by atoms with Crippen LogP contribution in [0.5, 0.6) is 0 Å². The molecule has 0 aliphatic rings. The molecule has 0 spiro atoms. The number of carbonyl (C=O) groups is 1. The highest BCUT2D eigenvalue weighted by atomic mass is 16.4. The van der Waals surface area contributed by atoms with Crippen molar-refractivity contribution in [3.8, 4) is 22.4 Å². The second kappa shape index (κ2) is 10.8. The first-order valence-electron chi connectivity index (χ1n) is 10.6. The van der Waals surface area contributed by atoms with Crippen LogP contribution in [0.4, 0.5) is 0 Å². The van der Waals surface area contributed by atoms with E-state index < -0.39 is 24.6 Å². The van der Waals surface area contributed by atoms with Crippen LogP contribution in [0, 0.1) is 0 Å². The van der Waals surface area contributed by atoms with Gasteiger partial charge in [0.05, 0.1) is 24.3 Å². The molecule has 3 aromatic rings. The fraction of sp³-hybridized carbons (Fsp3) is 0.269. The highest BCUT2D eigenvalue weighted by Crippen LogP contribution is 2.36. The van der Waals surface area contributed by atoms with Crippen LogP contribution in [0.3, 0.4) is 0 Å². The van der Waals surface area contributed by atoms with Gasteiger partial charge in [0.25, 0.3) is 0 Å². The van der Waals surface area contributed by atoms with Gasteiger partial charge in [-0.15, -0.1) is 5.10 Å². The lowest BCUT2D eigenvalue weighted by Crippen LogP contribution is -2.19. The van der Waals surface area contributed by atoms with Crippen LogP contribution in [0.2, 0.25) is 0 Å². The predicted molar refractivity (Wildman–Crippen MR) is 125 cm³/mol. The number of hydrogen-bond donors (Lipinski definition) is 3. The standard InChI is InChI=1S/C26H28N2O4/c1-17(2)25-22(14-13-20(29)15-21(30)16-23(31)32)24(18-9-5-3-6-10-18)26(28-27-25)19-11-7-4-8-12-19/h3-14,17,20-21,29-30H,15-16H2,1-2H3,(H,31,32)/b14-13+/t20-,21-/m1/s1. The molecule has 32 heavy (non-hydrogen) atoms. The minimum Gasteiger partial charge on any atom is -0.481 e. The zero-order valence-corrected chi connectivity index (χ0v) is 18.2. The molecular formula is C26H28N2O4. The van der Waals surface area contributed by atoms with Gasteiger partial charge in [0, 0.05) is 23.1 Å². The van der Waals surface area contributed by atoms with Gasteiger partial charge >= 0.3 is 5.97 Å². The summed E-state index contributed by atoms with van der Waals surface area (Å²) in [6.45, 7) is 4.07. The molecule has 0 saturated carbocycles. The van der Waals surface area contributed by atoms with Gasteiger partial charge in [-0.25, -0.2) is 0 Å². The third-order valence-electron chi connectivity index (χ3n) is 5.11. The van der Waals surface area contributed by atoms with E-state index in [1.807, 2.05) is 74.5 Å². The van der Waals surface area contributed by atoms with Gasteiger partial charge in [0.15, 0.2) is 0 Å². The first kappa shape index (κ1) is 23.3. The van der Waals surface area contributed by atoms with Crippen molar-refractivity contribution < 1.29 is 20.1 Å². The van der Waals surface area contributed by atoms with E-state index in [2.05, 4.69) is 10.2 Å². The molecule has 3 N–H and O–H groups in total. The van der Waals surface area contributed by atoms with Gasteiger partial charge in [0.1, 0.15) is 5.69 Å². The third-order valence-corrected chi connectivity index (χ3v) is 5.11. The Morgan fingerprint density at radius 2 is 1.53 bits per heavy atom. The second-order valence-corrected chi connectivity index (χ2v) is 8.02. The minimum atomic E-state index is -1.12. The lowest BCUT2D eigenvalue weighted by atomic mass is 9.90. The lowest BCUT2D eigenvalue weighted by molar-refractivity contribution is -0.139. The van der Waals surface area contributed by atoms with Crippen LogP contribution >= 0.6 is 0 Å². The topological polar surface area (TPSA) is 104 Å². The zero-order chi connectivity index (χ0) is 23.1. The van der Waals surface area contributed by atoms with E-state index in [4.69, 9.17) is 5.11 Å². The Morgan fingerprint density at radius 1 is 0.938 bits per heavy atom. The molecule has 0 amide bonds. The van der Waals surface area contributed by atoms with Crippen LogP contribution in [0.15, 0.2) is 66.7 Å². The maximum atomic E-state index is 10.8. The van der Waals surface area contributed by atoms with Gasteiger partial charge in [-0.1, -0.05) is 86.7 Å². The summed E-state index contributed by atoms with van der Waals surface area (Å²) < 4.78 is 0. The summed E-state index contributed by atoms with van der Waals surface area (Å²) in [5.74, 6) is -1.02. The second-order valence-electron chi connectivity index (χ2n) is 8.02. The number of aromatic nitrogens is 2. The number of carboxylic acid groups (broad SMARTS) is 1. The van der Waals surface area contributed by atoms with Crippen molar-refractivity contribution in [3.63, 3.8) is 0 Å². The molecule has 0 unspecified atom stereocenters. The summed E-state index contributed by atoms with van der Waals surface area (Å²) in [6.07, 6.45) is 0.783. The molecule has 0 saturated heterocycles. The quantitative estimate of drug-likeness (QED) is 0.459. The van der Waals surface area contributed by atoms with Crippen molar-refractivity contribution >= 4 is 12.0 Å². The van der Waals surface area contributed by atoms with Crippen molar-refractivity contribution in [2.24, 2.45) is 0 Å². The summed E-state index contributed by atoms with van der Waals surface area (Å²) in [5, 5.41) is 38.2. The number of aliphatic hydroxyl groups excluding tert-OH is 2. The average molecular weight is 433 g/mol. The number of carboxylic acids is 1. The van der Waals surface area contributed by atoms with Crippen molar-refractivity contribution in [3.05, 3.63) is 78.0 Å². The van der Waals surface area contributed by atoms with Crippen molar-refractivity contribution in [2.75, 3.05) is 0 Å². The fourth-order valence-electron chi connectivity index (χ4n) is 3.60. The Labute approximate surface area is 187 Å². The summed E-state index contributed by atoms with van der Waals surface area (Å²) in [5.41, 5.74) is 5.18. The number of nitrogens with zero attached hydrogens (tertiary/aromatic N) is 2. The van der Waals surface area contributed by atoms with Crippen molar-refractivity contribution in [2.45, 2.75) is 44.8 Å². The van der Waals surface area contributed by atoms with Gasteiger partial charge in [-0.05, 0) is 11.5 Å². The smallest absolute Gasteiger partial charge is 0.305 e. The van der Waals surface area contributed by atoms with Gasteiger partial charge in [0.2, 0.25) is 0 Å². The lowest BCUT2D eigenvalue weighted by Gasteiger charge is -2.18. The van der Waals surface area contributed by atoms with E-state index in [0.29, 0.717) is 0 Å². The normalized spacial score (nSPS) is 13.4. The van der Waals surface area contributed by atoms with Gasteiger partial charge < -0.3 is 15.3 Å². The number of aliphatic hydroxyl groups is 2. The number of benzene rings is 2. The average Bonchev–Trinajstić information content (AvgIpc) is 2.77.